The van der Waals surface area contributed by atoms with E-state index in [1.165, 1.54) is 6.42 Å². The summed E-state index contributed by atoms with van der Waals surface area (Å²) >= 11 is 3.44. The number of aromatic amines is 1. The van der Waals surface area contributed by atoms with Gasteiger partial charge in [-0.25, -0.2) is 0 Å². The maximum atomic E-state index is 12.5. The molecule has 5 nitrogen and oxygen atoms in total. The van der Waals surface area contributed by atoms with E-state index in [-0.39, 0.29) is 11.9 Å². The van der Waals surface area contributed by atoms with E-state index in [1.807, 2.05) is 18.2 Å². The molecule has 2 N–H and O–H groups in total. The highest BCUT2D eigenvalue weighted by molar-refractivity contribution is 9.10. The van der Waals surface area contributed by atoms with Crippen LogP contribution < -0.4 is 5.32 Å². The first-order valence-corrected chi connectivity index (χ1v) is 8.63. The lowest BCUT2D eigenvalue weighted by molar-refractivity contribution is 0.0907. The number of carbonyl (C=O) groups excluding carboxylic acids is 1. The molecule has 0 unspecified atom stereocenters. The van der Waals surface area contributed by atoms with E-state index in [0.717, 1.165) is 47.9 Å². The molecule has 22 heavy (non-hydrogen) atoms. The third-order valence-corrected chi connectivity index (χ3v) is 4.70. The molecule has 2 heterocycles. The fourth-order valence-electron chi connectivity index (χ4n) is 3.03. The average molecular weight is 365 g/mol. The summed E-state index contributed by atoms with van der Waals surface area (Å²) in [4.78, 5) is 14.9. The number of piperidine rings is 1. The van der Waals surface area contributed by atoms with Crippen molar-refractivity contribution < 1.29 is 4.79 Å². The zero-order valence-corrected chi connectivity index (χ0v) is 14.3. The second-order valence-electron chi connectivity index (χ2n) is 5.85. The van der Waals surface area contributed by atoms with Gasteiger partial charge in [0.25, 0.3) is 5.91 Å². The maximum Gasteiger partial charge on any atom is 0.272 e. The smallest absolute Gasteiger partial charge is 0.272 e. The van der Waals surface area contributed by atoms with Crippen molar-refractivity contribution in [3.8, 4) is 0 Å². The first-order chi connectivity index (χ1) is 10.7. The summed E-state index contributed by atoms with van der Waals surface area (Å²) in [6, 6.07) is 6.04. The van der Waals surface area contributed by atoms with E-state index in [2.05, 4.69) is 43.3 Å². The molecule has 2 aromatic rings. The monoisotopic (exact) mass is 364 g/mol. The number of H-pyrrole nitrogens is 1. The minimum absolute atomic E-state index is 0.0849. The second-order valence-corrected chi connectivity index (χ2v) is 6.77. The molecule has 3 rings (SSSR count). The van der Waals surface area contributed by atoms with Gasteiger partial charge in [0.1, 0.15) is 0 Å². The van der Waals surface area contributed by atoms with Crippen molar-refractivity contribution in [1.82, 2.24) is 20.4 Å². The van der Waals surface area contributed by atoms with Crippen LogP contribution in [0.4, 0.5) is 0 Å². The summed E-state index contributed by atoms with van der Waals surface area (Å²) in [5.74, 6) is -0.0849. The molecule has 1 aromatic carbocycles. The Bertz CT molecular complexity index is 661. The Morgan fingerprint density at radius 3 is 2.95 bits per heavy atom. The van der Waals surface area contributed by atoms with Crippen LogP contribution in [0.3, 0.4) is 0 Å². The van der Waals surface area contributed by atoms with E-state index in [9.17, 15) is 4.79 Å². The van der Waals surface area contributed by atoms with E-state index in [4.69, 9.17) is 0 Å². The van der Waals surface area contributed by atoms with Crippen molar-refractivity contribution in [3.63, 3.8) is 0 Å². The summed E-state index contributed by atoms with van der Waals surface area (Å²) < 4.78 is 0.948. The Balaban J connectivity index is 1.65. The van der Waals surface area contributed by atoms with Crippen molar-refractivity contribution >= 4 is 32.7 Å². The molecule has 6 heteroatoms. The molecular formula is C16H21BrN4O. The van der Waals surface area contributed by atoms with Gasteiger partial charge in [-0.05, 0) is 44.0 Å². The lowest BCUT2D eigenvalue weighted by Gasteiger charge is -2.31. The molecule has 1 aliphatic rings. The Morgan fingerprint density at radius 2 is 2.23 bits per heavy atom. The van der Waals surface area contributed by atoms with Crippen LogP contribution in [0.1, 0.15) is 36.7 Å². The van der Waals surface area contributed by atoms with Gasteiger partial charge in [-0.3, -0.25) is 9.89 Å². The molecule has 118 valence electrons. The first kappa shape index (κ1) is 15.5. The summed E-state index contributed by atoms with van der Waals surface area (Å²) in [5.41, 5.74) is 1.36. The number of hydrogen-bond acceptors (Lipinski definition) is 3. The predicted molar refractivity (Wildman–Crippen MR) is 91.0 cm³/mol. The molecule has 1 aliphatic heterocycles. The van der Waals surface area contributed by atoms with Gasteiger partial charge in [0, 0.05) is 29.0 Å². The van der Waals surface area contributed by atoms with Gasteiger partial charge < -0.3 is 10.2 Å². The number of fused-ring (bicyclic) bond motifs is 1. The molecule has 0 radical (unpaired) electrons. The lowest BCUT2D eigenvalue weighted by atomic mass is 10.0. The van der Waals surface area contributed by atoms with Gasteiger partial charge in [0.05, 0.1) is 5.52 Å². The Labute approximate surface area is 138 Å². The summed E-state index contributed by atoms with van der Waals surface area (Å²) in [7, 11) is 0. The van der Waals surface area contributed by atoms with Crippen molar-refractivity contribution in [2.75, 3.05) is 19.6 Å². The molecular weight excluding hydrogens is 344 g/mol. The van der Waals surface area contributed by atoms with Crippen LogP contribution in [0.2, 0.25) is 0 Å². The molecule has 0 saturated carbocycles. The van der Waals surface area contributed by atoms with Gasteiger partial charge in [-0.1, -0.05) is 22.9 Å². The number of halogens is 1. The SMILES string of the molecule is CCCN1CCC(NC(=O)c2n[nH]c3ccc(Br)cc23)CC1. The quantitative estimate of drug-likeness (QED) is 0.876. The summed E-state index contributed by atoms with van der Waals surface area (Å²) in [6.45, 7) is 5.48. The number of benzene rings is 1. The average Bonchev–Trinajstić information content (AvgIpc) is 2.92. The van der Waals surface area contributed by atoms with Crippen molar-refractivity contribution in [1.29, 1.82) is 0 Å². The number of carbonyl (C=O) groups is 1. The number of likely N-dealkylation sites (tertiary alicyclic amines) is 1. The van der Waals surface area contributed by atoms with Crippen LogP contribution in [-0.2, 0) is 0 Å². The van der Waals surface area contributed by atoms with Crippen LogP contribution in [0, 0.1) is 0 Å². The van der Waals surface area contributed by atoms with Gasteiger partial charge in [-0.2, -0.15) is 5.10 Å². The van der Waals surface area contributed by atoms with Crippen LogP contribution >= 0.6 is 15.9 Å². The van der Waals surface area contributed by atoms with Gasteiger partial charge in [0.15, 0.2) is 5.69 Å². The number of amides is 1. The molecule has 0 atom stereocenters. The summed E-state index contributed by atoms with van der Waals surface area (Å²) in [6.07, 6.45) is 3.21. The second kappa shape index (κ2) is 6.79. The van der Waals surface area contributed by atoms with Crippen molar-refractivity contribution in [2.45, 2.75) is 32.2 Å². The molecule has 1 saturated heterocycles. The molecule has 0 aliphatic carbocycles. The number of nitrogens with one attached hydrogen (secondary N) is 2. The molecule has 0 spiro atoms. The number of aromatic nitrogens is 2. The standard InChI is InChI=1S/C16H21BrN4O/c1-2-7-21-8-5-12(6-9-21)18-16(22)15-13-10-11(17)3-4-14(13)19-20-15/h3-4,10,12H,2,5-9H2,1H3,(H,18,22)(H,19,20). The van der Waals surface area contributed by atoms with Crippen LogP contribution in [-0.4, -0.2) is 46.7 Å². The summed E-state index contributed by atoms with van der Waals surface area (Å²) in [5, 5.41) is 11.1. The van der Waals surface area contributed by atoms with Gasteiger partial charge in [0.2, 0.25) is 0 Å². The third kappa shape index (κ3) is 3.33. The first-order valence-electron chi connectivity index (χ1n) is 7.84. The van der Waals surface area contributed by atoms with Crippen LogP contribution in [0.15, 0.2) is 22.7 Å². The minimum atomic E-state index is -0.0849. The topological polar surface area (TPSA) is 61.0 Å². The minimum Gasteiger partial charge on any atom is -0.348 e. The maximum absolute atomic E-state index is 12.5. The lowest BCUT2D eigenvalue weighted by Crippen LogP contribution is -2.44. The van der Waals surface area contributed by atoms with Gasteiger partial charge >= 0.3 is 0 Å². The zero-order valence-electron chi connectivity index (χ0n) is 12.7. The highest BCUT2D eigenvalue weighted by Gasteiger charge is 2.22. The number of hydrogen-bond donors (Lipinski definition) is 2. The molecule has 1 aromatic heterocycles. The molecule has 1 amide bonds. The normalized spacial score (nSPS) is 17.0. The van der Waals surface area contributed by atoms with Gasteiger partial charge in [-0.15, -0.1) is 0 Å². The Morgan fingerprint density at radius 1 is 1.45 bits per heavy atom. The number of rotatable bonds is 4. The molecule has 0 bridgehead atoms. The highest BCUT2D eigenvalue weighted by Crippen LogP contribution is 2.21. The van der Waals surface area contributed by atoms with E-state index in [0.29, 0.717) is 5.69 Å². The van der Waals surface area contributed by atoms with E-state index < -0.39 is 0 Å². The molecule has 1 fully saturated rings. The van der Waals surface area contributed by atoms with Crippen molar-refractivity contribution in [3.05, 3.63) is 28.4 Å². The highest BCUT2D eigenvalue weighted by atomic mass is 79.9. The zero-order chi connectivity index (χ0) is 15.5. The van der Waals surface area contributed by atoms with E-state index >= 15 is 0 Å². The fourth-order valence-corrected chi connectivity index (χ4v) is 3.39. The van der Waals surface area contributed by atoms with E-state index in [1.54, 1.807) is 0 Å². The Hall–Kier alpha value is -1.40. The largest absolute Gasteiger partial charge is 0.348 e. The van der Waals surface area contributed by atoms with Crippen molar-refractivity contribution in [2.24, 2.45) is 0 Å². The number of nitrogens with zero attached hydrogens (tertiary/aromatic N) is 2. The van der Waals surface area contributed by atoms with Crippen LogP contribution in [0.25, 0.3) is 10.9 Å². The van der Waals surface area contributed by atoms with Crippen LogP contribution in [0.5, 0.6) is 0 Å². The predicted octanol–water partition coefficient (Wildman–Crippen LogP) is 2.93. The Kier molecular flexibility index (Phi) is 4.78. The third-order valence-electron chi connectivity index (χ3n) is 4.20. The fraction of sp³-hybridized carbons (Fsp3) is 0.500.